The molecule has 1 heterocycles. The fourth-order valence-corrected chi connectivity index (χ4v) is 3.21. The molecular formula is C15H20N4O3S. The van der Waals surface area contributed by atoms with Gasteiger partial charge in [0.1, 0.15) is 6.07 Å². The van der Waals surface area contributed by atoms with Gasteiger partial charge in [0, 0.05) is 47.5 Å². The first-order valence-electron chi connectivity index (χ1n) is 7.36. The van der Waals surface area contributed by atoms with Crippen LogP contribution in [0.25, 0.3) is 0 Å². The summed E-state index contributed by atoms with van der Waals surface area (Å²) >= 11 is 0. The highest BCUT2D eigenvalue weighted by molar-refractivity contribution is 7.92. The van der Waals surface area contributed by atoms with Gasteiger partial charge < -0.3 is 4.90 Å². The predicted octanol–water partition coefficient (Wildman–Crippen LogP) is 2.41. The number of nitriles is 1. The molecule has 0 radical (unpaired) electrons. The Bertz CT molecular complexity index is 746. The summed E-state index contributed by atoms with van der Waals surface area (Å²) in [5.74, 6) is 0.399. The van der Waals surface area contributed by atoms with Gasteiger partial charge in [-0.25, -0.2) is 4.36 Å². The first-order chi connectivity index (χ1) is 10.8. The molecule has 1 aliphatic heterocycles. The molecule has 23 heavy (non-hydrogen) atoms. The van der Waals surface area contributed by atoms with E-state index in [1.807, 2.05) is 6.07 Å². The maximum absolute atomic E-state index is 11.6. The standard InChI is InChI=1S/C15H20N4O3S/c1-23(2,22)17-11-12-5-7-18(8-6-12)15-4-3-14(19(20)21)9-13(15)10-16/h3-4,9,12H,5-8,11H2,1-2H3. The van der Waals surface area contributed by atoms with Crippen LogP contribution >= 0.6 is 0 Å². The Morgan fingerprint density at radius 2 is 2.09 bits per heavy atom. The summed E-state index contributed by atoms with van der Waals surface area (Å²) in [6.07, 6.45) is 5.08. The van der Waals surface area contributed by atoms with Crippen molar-refractivity contribution in [2.45, 2.75) is 12.8 Å². The molecular weight excluding hydrogens is 316 g/mol. The van der Waals surface area contributed by atoms with Crippen molar-refractivity contribution in [2.75, 3.05) is 37.0 Å². The van der Waals surface area contributed by atoms with Crippen LogP contribution in [0.5, 0.6) is 0 Å². The summed E-state index contributed by atoms with van der Waals surface area (Å²) in [6.45, 7) is 2.13. The molecule has 7 nitrogen and oxygen atoms in total. The molecule has 0 saturated carbocycles. The fraction of sp³-hybridized carbons (Fsp3) is 0.533. The van der Waals surface area contributed by atoms with Crippen molar-refractivity contribution < 1.29 is 9.13 Å². The monoisotopic (exact) mass is 336 g/mol. The molecule has 2 rings (SSSR count). The van der Waals surface area contributed by atoms with E-state index < -0.39 is 14.7 Å². The number of nitro benzene ring substituents is 1. The largest absolute Gasteiger partial charge is 0.370 e. The van der Waals surface area contributed by atoms with Crippen LogP contribution in [0.3, 0.4) is 0 Å². The minimum Gasteiger partial charge on any atom is -0.370 e. The van der Waals surface area contributed by atoms with Crippen LogP contribution in [0, 0.1) is 27.4 Å². The first kappa shape index (κ1) is 17.2. The number of anilines is 1. The summed E-state index contributed by atoms with van der Waals surface area (Å²) < 4.78 is 15.8. The summed E-state index contributed by atoms with van der Waals surface area (Å²) in [5, 5.41) is 20.0. The van der Waals surface area contributed by atoms with Crippen LogP contribution in [0.1, 0.15) is 18.4 Å². The molecule has 1 saturated heterocycles. The van der Waals surface area contributed by atoms with E-state index in [0.717, 1.165) is 31.6 Å². The van der Waals surface area contributed by atoms with Crippen LogP contribution in [0.2, 0.25) is 0 Å². The average Bonchev–Trinajstić information content (AvgIpc) is 2.52. The van der Waals surface area contributed by atoms with Gasteiger partial charge in [0.25, 0.3) is 5.69 Å². The van der Waals surface area contributed by atoms with Gasteiger partial charge in [0.15, 0.2) is 0 Å². The Hall–Kier alpha value is -2.14. The van der Waals surface area contributed by atoms with Crippen molar-refractivity contribution >= 4 is 21.1 Å². The summed E-state index contributed by atoms with van der Waals surface area (Å²) in [6, 6.07) is 6.44. The molecule has 0 unspecified atom stereocenters. The Balaban J connectivity index is 2.07. The molecule has 124 valence electrons. The fourth-order valence-electron chi connectivity index (χ4n) is 2.64. The lowest BCUT2D eigenvalue weighted by molar-refractivity contribution is -0.384. The zero-order chi connectivity index (χ0) is 17.0. The minimum absolute atomic E-state index is 0.0698. The average molecular weight is 336 g/mol. The zero-order valence-corrected chi connectivity index (χ0v) is 14.1. The van der Waals surface area contributed by atoms with Gasteiger partial charge in [-0.1, -0.05) is 0 Å². The van der Waals surface area contributed by atoms with E-state index in [2.05, 4.69) is 9.26 Å². The summed E-state index contributed by atoms with van der Waals surface area (Å²) in [7, 11) is -2.06. The van der Waals surface area contributed by atoms with Gasteiger partial charge in [-0.05, 0) is 24.8 Å². The van der Waals surface area contributed by atoms with Gasteiger partial charge in [-0.2, -0.15) is 5.26 Å². The lowest BCUT2D eigenvalue weighted by atomic mass is 9.96. The number of non-ortho nitro benzene ring substituents is 1. The van der Waals surface area contributed by atoms with Crippen molar-refractivity contribution in [3.63, 3.8) is 0 Å². The second kappa shape index (κ2) is 6.96. The van der Waals surface area contributed by atoms with Crippen molar-refractivity contribution in [3.05, 3.63) is 33.9 Å². The Kier molecular flexibility index (Phi) is 5.21. The number of hydrogen-bond acceptors (Lipinski definition) is 6. The highest BCUT2D eigenvalue weighted by atomic mass is 32.2. The minimum atomic E-state index is -2.06. The van der Waals surface area contributed by atoms with Crippen LogP contribution in [-0.2, 0) is 9.73 Å². The quantitative estimate of drug-likeness (QED) is 0.621. The number of piperidine rings is 1. The van der Waals surface area contributed by atoms with Gasteiger partial charge >= 0.3 is 0 Å². The smallest absolute Gasteiger partial charge is 0.270 e. The normalized spacial score (nSPS) is 16.0. The topological polar surface area (TPSA) is 99.6 Å². The summed E-state index contributed by atoms with van der Waals surface area (Å²) in [4.78, 5) is 12.4. The van der Waals surface area contributed by atoms with E-state index in [9.17, 15) is 19.6 Å². The van der Waals surface area contributed by atoms with Crippen molar-refractivity contribution in [1.82, 2.24) is 0 Å². The van der Waals surface area contributed by atoms with E-state index in [-0.39, 0.29) is 5.69 Å². The Morgan fingerprint density at radius 1 is 1.43 bits per heavy atom. The van der Waals surface area contributed by atoms with Crippen molar-refractivity contribution in [2.24, 2.45) is 10.3 Å². The molecule has 1 fully saturated rings. The zero-order valence-electron chi connectivity index (χ0n) is 13.3. The van der Waals surface area contributed by atoms with E-state index in [1.165, 1.54) is 12.1 Å². The van der Waals surface area contributed by atoms with Crippen molar-refractivity contribution in [1.29, 1.82) is 5.26 Å². The van der Waals surface area contributed by atoms with E-state index in [0.29, 0.717) is 18.0 Å². The van der Waals surface area contributed by atoms with Crippen LogP contribution in [0.15, 0.2) is 22.6 Å². The molecule has 0 atom stereocenters. The predicted molar refractivity (Wildman–Crippen MR) is 90.0 cm³/mol. The van der Waals surface area contributed by atoms with Gasteiger partial charge in [-0.3, -0.25) is 14.3 Å². The third-order valence-corrected chi connectivity index (χ3v) is 4.68. The third kappa shape index (κ3) is 4.66. The number of nitro groups is 1. The molecule has 8 heteroatoms. The van der Waals surface area contributed by atoms with Crippen LogP contribution < -0.4 is 4.90 Å². The maximum atomic E-state index is 11.6. The number of hydrogen-bond donors (Lipinski definition) is 0. The lowest BCUT2D eigenvalue weighted by Gasteiger charge is -2.33. The van der Waals surface area contributed by atoms with E-state index >= 15 is 0 Å². The Labute approximate surface area is 136 Å². The molecule has 1 aliphatic rings. The van der Waals surface area contributed by atoms with Gasteiger partial charge in [0.2, 0.25) is 0 Å². The molecule has 0 N–H and O–H groups in total. The lowest BCUT2D eigenvalue weighted by Crippen LogP contribution is -2.35. The SMILES string of the molecule is CS(C)(=O)=NCC1CCN(c2ccc([N+](=O)[O-])cc2C#N)CC1. The first-order valence-corrected chi connectivity index (χ1v) is 9.69. The number of nitrogens with zero attached hydrogens (tertiary/aromatic N) is 4. The van der Waals surface area contributed by atoms with Gasteiger partial charge in [-0.15, -0.1) is 0 Å². The molecule has 1 aromatic carbocycles. The van der Waals surface area contributed by atoms with E-state index in [4.69, 9.17) is 0 Å². The second-order valence-electron chi connectivity index (χ2n) is 5.99. The highest BCUT2D eigenvalue weighted by Gasteiger charge is 2.22. The molecule has 1 aromatic rings. The summed E-state index contributed by atoms with van der Waals surface area (Å²) in [5.41, 5.74) is 0.996. The van der Waals surface area contributed by atoms with Crippen LogP contribution in [0.4, 0.5) is 11.4 Å². The maximum Gasteiger partial charge on any atom is 0.270 e. The second-order valence-corrected chi connectivity index (χ2v) is 8.61. The number of rotatable bonds is 4. The molecule has 0 aromatic heterocycles. The molecule has 0 spiro atoms. The highest BCUT2D eigenvalue weighted by Crippen LogP contribution is 2.29. The third-order valence-electron chi connectivity index (χ3n) is 3.91. The van der Waals surface area contributed by atoms with Gasteiger partial charge in [0.05, 0.1) is 22.7 Å². The Morgan fingerprint density at radius 3 is 2.61 bits per heavy atom. The van der Waals surface area contributed by atoms with E-state index in [1.54, 1.807) is 18.6 Å². The number of benzene rings is 1. The van der Waals surface area contributed by atoms with Crippen molar-refractivity contribution in [3.8, 4) is 6.07 Å². The molecule has 0 amide bonds. The molecule has 0 aliphatic carbocycles. The van der Waals surface area contributed by atoms with Crippen LogP contribution in [-0.4, -0.2) is 41.3 Å². The molecule has 0 bridgehead atoms.